The van der Waals surface area contributed by atoms with Gasteiger partial charge >= 0.3 is 0 Å². The summed E-state index contributed by atoms with van der Waals surface area (Å²) in [5.41, 5.74) is 1.36. The summed E-state index contributed by atoms with van der Waals surface area (Å²) in [5, 5.41) is 2.82. The topological polar surface area (TPSA) is 64.4 Å². The monoisotopic (exact) mass is 302 g/mol. The van der Waals surface area contributed by atoms with E-state index in [9.17, 15) is 4.79 Å². The highest BCUT2D eigenvalue weighted by Gasteiger charge is 2.21. The lowest BCUT2D eigenvalue weighted by Gasteiger charge is -2.10. The molecule has 22 heavy (non-hydrogen) atoms. The van der Waals surface area contributed by atoms with E-state index in [0.29, 0.717) is 17.3 Å². The zero-order chi connectivity index (χ0) is 16.3. The van der Waals surface area contributed by atoms with Gasteiger partial charge < -0.3 is 14.5 Å². The quantitative estimate of drug-likeness (QED) is 0.901. The maximum atomic E-state index is 12.3. The predicted molar refractivity (Wildman–Crippen MR) is 85.5 cm³/mol. The summed E-state index contributed by atoms with van der Waals surface area (Å²) >= 11 is 0. The van der Waals surface area contributed by atoms with E-state index in [1.165, 1.54) is 0 Å². The van der Waals surface area contributed by atoms with Gasteiger partial charge in [-0.05, 0) is 44.0 Å². The molecule has 0 atom stereocenters. The summed E-state index contributed by atoms with van der Waals surface area (Å²) < 4.78 is 11.0. The normalized spacial score (nSPS) is 11.0. The average Bonchev–Trinajstić information content (AvgIpc) is 2.83. The molecule has 2 aromatic rings. The van der Waals surface area contributed by atoms with Crippen molar-refractivity contribution in [3.63, 3.8) is 0 Å². The highest BCUT2D eigenvalue weighted by molar-refractivity contribution is 6.03. The highest BCUT2D eigenvalue weighted by atomic mass is 16.5. The molecule has 1 aromatic carbocycles. The van der Waals surface area contributed by atoms with Gasteiger partial charge in [0, 0.05) is 12.6 Å². The highest BCUT2D eigenvalue weighted by Crippen LogP contribution is 2.22. The minimum atomic E-state index is -0.290. The van der Waals surface area contributed by atoms with Crippen LogP contribution in [0.25, 0.3) is 0 Å². The van der Waals surface area contributed by atoms with Crippen LogP contribution in [0.2, 0.25) is 0 Å². The molecule has 0 aliphatic rings. The van der Waals surface area contributed by atoms with E-state index < -0.39 is 0 Å². The van der Waals surface area contributed by atoms with Gasteiger partial charge in [-0.2, -0.15) is 0 Å². The molecule has 0 aliphatic heterocycles. The van der Waals surface area contributed by atoms with Crippen molar-refractivity contribution in [2.45, 2.75) is 46.6 Å². The molecule has 0 saturated heterocycles. The molecule has 0 saturated carbocycles. The Bertz CT molecular complexity index is 642. The Morgan fingerprint density at radius 3 is 2.36 bits per heavy atom. The fraction of sp³-hybridized carbons (Fsp3) is 0.412. The molecule has 2 rings (SSSR count). The zero-order valence-electron chi connectivity index (χ0n) is 13.6. The molecule has 0 radical (unpaired) electrons. The molecule has 1 heterocycles. The Kier molecular flexibility index (Phi) is 4.85. The maximum absolute atomic E-state index is 12.3. The van der Waals surface area contributed by atoms with Gasteiger partial charge in [0.25, 0.3) is 5.91 Å². The van der Waals surface area contributed by atoms with E-state index >= 15 is 0 Å². The van der Waals surface area contributed by atoms with E-state index in [2.05, 4.69) is 10.3 Å². The second-order valence-corrected chi connectivity index (χ2v) is 5.75. The standard InChI is InChI=1S/C17H22N2O3/c1-10(2)15-16(22-12(5)18-15)17(20)19-13-6-8-14(9-7-13)21-11(3)4/h6-11H,1-5H3,(H,19,20). The van der Waals surface area contributed by atoms with Crippen LogP contribution in [0.1, 0.15) is 55.8 Å². The summed E-state index contributed by atoms with van der Waals surface area (Å²) in [6, 6.07) is 7.25. The Morgan fingerprint density at radius 1 is 1.18 bits per heavy atom. The minimum Gasteiger partial charge on any atom is -0.491 e. The van der Waals surface area contributed by atoms with Gasteiger partial charge in [0.1, 0.15) is 5.75 Å². The lowest BCUT2D eigenvalue weighted by molar-refractivity contribution is 0.0993. The van der Waals surface area contributed by atoms with Crippen LogP contribution in [0.15, 0.2) is 28.7 Å². The smallest absolute Gasteiger partial charge is 0.293 e. The van der Waals surface area contributed by atoms with Crippen LogP contribution in [-0.2, 0) is 0 Å². The Balaban J connectivity index is 2.12. The number of anilines is 1. The number of carbonyl (C=O) groups excluding carboxylic acids is 1. The number of aryl methyl sites for hydroxylation is 1. The van der Waals surface area contributed by atoms with E-state index in [1.807, 2.05) is 39.8 Å². The molecule has 0 bridgehead atoms. The van der Waals surface area contributed by atoms with Gasteiger partial charge in [-0.15, -0.1) is 0 Å². The molecular formula is C17H22N2O3. The Morgan fingerprint density at radius 2 is 1.82 bits per heavy atom. The number of nitrogens with zero attached hydrogens (tertiary/aromatic N) is 1. The average molecular weight is 302 g/mol. The van der Waals surface area contributed by atoms with Crippen molar-refractivity contribution in [3.8, 4) is 5.75 Å². The Labute approximate surface area is 130 Å². The zero-order valence-corrected chi connectivity index (χ0v) is 13.6. The minimum absolute atomic E-state index is 0.117. The summed E-state index contributed by atoms with van der Waals surface area (Å²) in [4.78, 5) is 16.6. The van der Waals surface area contributed by atoms with Gasteiger partial charge in [0.15, 0.2) is 5.89 Å². The first kappa shape index (κ1) is 16.1. The van der Waals surface area contributed by atoms with Crippen molar-refractivity contribution >= 4 is 11.6 Å². The van der Waals surface area contributed by atoms with Gasteiger partial charge in [0.05, 0.1) is 11.8 Å². The van der Waals surface area contributed by atoms with Crippen LogP contribution >= 0.6 is 0 Å². The van der Waals surface area contributed by atoms with Gasteiger partial charge in [-0.25, -0.2) is 4.98 Å². The SMILES string of the molecule is Cc1nc(C(C)C)c(C(=O)Nc2ccc(OC(C)C)cc2)o1. The van der Waals surface area contributed by atoms with Crippen LogP contribution in [-0.4, -0.2) is 17.0 Å². The fourth-order valence-corrected chi connectivity index (χ4v) is 2.07. The van der Waals surface area contributed by atoms with Gasteiger partial charge in [-0.1, -0.05) is 13.8 Å². The van der Waals surface area contributed by atoms with Crippen molar-refractivity contribution in [1.82, 2.24) is 4.98 Å². The number of rotatable bonds is 5. The first-order chi connectivity index (χ1) is 10.4. The second kappa shape index (κ2) is 6.64. The number of carbonyl (C=O) groups is 1. The Hall–Kier alpha value is -2.30. The second-order valence-electron chi connectivity index (χ2n) is 5.75. The van der Waals surface area contributed by atoms with E-state index in [1.54, 1.807) is 19.1 Å². The molecule has 1 N–H and O–H groups in total. The van der Waals surface area contributed by atoms with Crippen molar-refractivity contribution in [2.24, 2.45) is 0 Å². The number of nitrogens with one attached hydrogen (secondary N) is 1. The predicted octanol–water partition coefficient (Wildman–Crippen LogP) is 4.15. The summed E-state index contributed by atoms with van der Waals surface area (Å²) in [5.74, 6) is 1.37. The van der Waals surface area contributed by atoms with E-state index in [-0.39, 0.29) is 23.7 Å². The molecule has 0 fully saturated rings. The van der Waals surface area contributed by atoms with Crippen molar-refractivity contribution in [1.29, 1.82) is 0 Å². The third kappa shape index (κ3) is 3.87. The number of hydrogen-bond acceptors (Lipinski definition) is 4. The molecule has 5 nitrogen and oxygen atoms in total. The van der Waals surface area contributed by atoms with E-state index in [0.717, 1.165) is 5.75 Å². The van der Waals surface area contributed by atoms with Crippen molar-refractivity contribution in [2.75, 3.05) is 5.32 Å². The fourth-order valence-electron chi connectivity index (χ4n) is 2.07. The number of benzene rings is 1. The number of amides is 1. The van der Waals surface area contributed by atoms with Crippen LogP contribution in [0.4, 0.5) is 5.69 Å². The number of oxazole rings is 1. The first-order valence-corrected chi connectivity index (χ1v) is 7.42. The lowest BCUT2D eigenvalue weighted by Crippen LogP contribution is -2.13. The third-order valence-electron chi connectivity index (χ3n) is 3.00. The number of ether oxygens (including phenoxy) is 1. The molecule has 1 amide bonds. The van der Waals surface area contributed by atoms with Crippen LogP contribution < -0.4 is 10.1 Å². The summed E-state index contributed by atoms with van der Waals surface area (Å²) in [6.45, 7) is 9.63. The largest absolute Gasteiger partial charge is 0.491 e. The molecule has 118 valence electrons. The molecular weight excluding hydrogens is 280 g/mol. The number of aromatic nitrogens is 1. The van der Waals surface area contributed by atoms with Crippen LogP contribution in [0.3, 0.4) is 0 Å². The van der Waals surface area contributed by atoms with Gasteiger partial charge in [0.2, 0.25) is 5.76 Å². The van der Waals surface area contributed by atoms with Crippen LogP contribution in [0, 0.1) is 6.92 Å². The molecule has 0 unspecified atom stereocenters. The summed E-state index contributed by atoms with van der Waals surface area (Å²) in [6.07, 6.45) is 0.117. The molecule has 0 aliphatic carbocycles. The maximum Gasteiger partial charge on any atom is 0.293 e. The van der Waals surface area contributed by atoms with Gasteiger partial charge in [-0.3, -0.25) is 4.79 Å². The molecule has 0 spiro atoms. The molecule has 5 heteroatoms. The first-order valence-electron chi connectivity index (χ1n) is 7.42. The van der Waals surface area contributed by atoms with Crippen molar-refractivity contribution in [3.05, 3.63) is 41.6 Å². The molecule has 1 aromatic heterocycles. The van der Waals surface area contributed by atoms with Crippen molar-refractivity contribution < 1.29 is 13.9 Å². The summed E-state index contributed by atoms with van der Waals surface area (Å²) in [7, 11) is 0. The third-order valence-corrected chi connectivity index (χ3v) is 3.00. The van der Waals surface area contributed by atoms with Crippen LogP contribution in [0.5, 0.6) is 5.75 Å². The lowest BCUT2D eigenvalue weighted by atomic mass is 10.1. The van der Waals surface area contributed by atoms with E-state index in [4.69, 9.17) is 9.15 Å². The number of hydrogen-bond donors (Lipinski definition) is 1.